The minimum atomic E-state index is -1.06. The van der Waals surface area contributed by atoms with Crippen molar-refractivity contribution in [3.63, 3.8) is 0 Å². The number of carboxylic acids is 1. The first-order valence-electron chi connectivity index (χ1n) is 8.33. The van der Waals surface area contributed by atoms with Crippen molar-refractivity contribution in [3.8, 4) is 16.3 Å². The summed E-state index contributed by atoms with van der Waals surface area (Å²) >= 11 is 1.27. The van der Waals surface area contributed by atoms with E-state index >= 15 is 0 Å². The van der Waals surface area contributed by atoms with Crippen molar-refractivity contribution in [2.75, 3.05) is 26.4 Å². The largest absolute Gasteiger partial charge is 0.494 e. The highest BCUT2D eigenvalue weighted by Crippen LogP contribution is 2.30. The fraction of sp³-hybridized carbons (Fsp3) is 0.389. The Bertz CT molecular complexity index is 802. The molecule has 0 spiro atoms. The van der Waals surface area contributed by atoms with E-state index in [1.165, 1.54) is 16.2 Å². The lowest BCUT2D eigenvalue weighted by molar-refractivity contribution is -0.147. The molecule has 1 saturated heterocycles. The van der Waals surface area contributed by atoms with Crippen molar-refractivity contribution in [3.05, 3.63) is 34.8 Å². The molecule has 0 saturated carbocycles. The molecule has 7 nitrogen and oxygen atoms in total. The van der Waals surface area contributed by atoms with E-state index in [1.54, 1.807) is 6.92 Å². The minimum Gasteiger partial charge on any atom is -0.494 e. The monoisotopic (exact) mass is 376 g/mol. The van der Waals surface area contributed by atoms with E-state index in [2.05, 4.69) is 4.98 Å². The Labute approximate surface area is 155 Å². The summed E-state index contributed by atoms with van der Waals surface area (Å²) in [5, 5.41) is 10.0. The van der Waals surface area contributed by atoms with Gasteiger partial charge in [-0.15, -0.1) is 11.3 Å². The molecule has 3 rings (SSSR count). The summed E-state index contributed by atoms with van der Waals surface area (Å²) in [4.78, 5) is 30.6. The average Bonchev–Trinajstić information content (AvgIpc) is 3.03. The van der Waals surface area contributed by atoms with Crippen LogP contribution in [0.2, 0.25) is 0 Å². The predicted octanol–water partition coefficient (Wildman–Crippen LogP) is 2.44. The first kappa shape index (κ1) is 18.3. The lowest BCUT2D eigenvalue weighted by Crippen LogP contribution is -2.52. The highest BCUT2D eigenvalue weighted by atomic mass is 32.1. The number of rotatable bonds is 5. The maximum Gasteiger partial charge on any atom is 0.328 e. The van der Waals surface area contributed by atoms with E-state index in [0.29, 0.717) is 28.8 Å². The lowest BCUT2D eigenvalue weighted by Gasteiger charge is -2.32. The Kier molecular flexibility index (Phi) is 5.53. The molecule has 8 heteroatoms. The first-order chi connectivity index (χ1) is 12.5. The molecule has 0 radical (unpaired) electrons. The zero-order valence-electron chi connectivity index (χ0n) is 14.6. The molecule has 2 heterocycles. The highest BCUT2D eigenvalue weighted by molar-refractivity contribution is 7.17. The van der Waals surface area contributed by atoms with Gasteiger partial charge >= 0.3 is 5.97 Å². The zero-order chi connectivity index (χ0) is 18.7. The van der Waals surface area contributed by atoms with Gasteiger partial charge in [-0.1, -0.05) is 0 Å². The van der Waals surface area contributed by atoms with Crippen LogP contribution in [0.3, 0.4) is 0 Å². The van der Waals surface area contributed by atoms with Gasteiger partial charge in [0, 0.05) is 12.1 Å². The molecule has 1 aromatic heterocycles. The van der Waals surface area contributed by atoms with Gasteiger partial charge in [-0.3, -0.25) is 4.79 Å². The Morgan fingerprint density at radius 2 is 2.12 bits per heavy atom. The minimum absolute atomic E-state index is 0.00464. The zero-order valence-corrected chi connectivity index (χ0v) is 15.4. The summed E-state index contributed by atoms with van der Waals surface area (Å²) in [5.74, 6) is -0.599. The number of aryl methyl sites for hydroxylation is 1. The molecule has 1 N–H and O–H groups in total. The lowest BCUT2D eigenvalue weighted by atomic mass is 10.2. The number of hydrogen-bond donors (Lipinski definition) is 1. The molecule has 138 valence electrons. The summed E-state index contributed by atoms with van der Waals surface area (Å²) in [6.07, 6.45) is 0. The fourth-order valence-electron chi connectivity index (χ4n) is 2.76. The van der Waals surface area contributed by atoms with Crippen molar-refractivity contribution in [1.29, 1.82) is 0 Å². The SMILES string of the molecule is CCOc1ccc(-c2nc(C)c(C(=O)N3CCOCC3C(=O)O)s2)cc1. The number of carbonyl (C=O) groups is 2. The van der Waals surface area contributed by atoms with Crippen LogP contribution in [0.4, 0.5) is 0 Å². The molecule has 1 unspecified atom stereocenters. The van der Waals surface area contributed by atoms with E-state index in [9.17, 15) is 14.7 Å². The topological polar surface area (TPSA) is 89.0 Å². The molecule has 1 aliphatic heterocycles. The standard InChI is InChI=1S/C18H20N2O5S/c1-3-25-13-6-4-12(5-7-13)16-19-11(2)15(26-16)17(21)20-8-9-24-10-14(20)18(22)23/h4-7,14H,3,8-10H2,1-2H3,(H,22,23). The number of carboxylic acid groups (broad SMARTS) is 1. The Hall–Kier alpha value is -2.45. The predicted molar refractivity (Wildman–Crippen MR) is 96.7 cm³/mol. The Balaban J connectivity index is 1.85. The van der Waals surface area contributed by atoms with Crippen LogP contribution in [0, 0.1) is 6.92 Å². The summed E-state index contributed by atoms with van der Waals surface area (Å²) in [5.41, 5.74) is 1.48. The van der Waals surface area contributed by atoms with Crippen LogP contribution in [0.25, 0.3) is 10.6 Å². The number of hydrogen-bond acceptors (Lipinski definition) is 6. The fourth-order valence-corrected chi connectivity index (χ4v) is 3.79. The Morgan fingerprint density at radius 3 is 2.77 bits per heavy atom. The number of amides is 1. The number of carbonyl (C=O) groups excluding carboxylic acids is 1. The third kappa shape index (κ3) is 3.71. The summed E-state index contributed by atoms with van der Waals surface area (Å²) in [6.45, 7) is 4.87. The van der Waals surface area contributed by atoms with Gasteiger partial charge in [-0.05, 0) is 38.1 Å². The smallest absolute Gasteiger partial charge is 0.328 e. The van der Waals surface area contributed by atoms with Gasteiger partial charge in [0.2, 0.25) is 0 Å². The van der Waals surface area contributed by atoms with Crippen LogP contribution >= 0.6 is 11.3 Å². The number of aliphatic carboxylic acids is 1. The number of nitrogens with zero attached hydrogens (tertiary/aromatic N) is 2. The summed E-state index contributed by atoms with van der Waals surface area (Å²) in [7, 11) is 0. The number of aromatic nitrogens is 1. The number of thiazole rings is 1. The van der Waals surface area contributed by atoms with Crippen LogP contribution in [-0.4, -0.2) is 59.3 Å². The van der Waals surface area contributed by atoms with Crippen molar-refractivity contribution in [2.24, 2.45) is 0 Å². The molecule has 0 bridgehead atoms. The van der Waals surface area contributed by atoms with Gasteiger partial charge in [0.1, 0.15) is 15.6 Å². The van der Waals surface area contributed by atoms with Gasteiger partial charge in [-0.2, -0.15) is 0 Å². The van der Waals surface area contributed by atoms with Gasteiger partial charge in [0.25, 0.3) is 5.91 Å². The second-order valence-corrected chi connectivity index (χ2v) is 6.82. The van der Waals surface area contributed by atoms with Crippen LogP contribution in [-0.2, 0) is 9.53 Å². The molecule has 1 aliphatic rings. The number of ether oxygens (including phenoxy) is 2. The molecule has 2 aromatic rings. The van der Waals surface area contributed by atoms with Crippen molar-refractivity contribution in [1.82, 2.24) is 9.88 Å². The van der Waals surface area contributed by atoms with E-state index in [4.69, 9.17) is 9.47 Å². The van der Waals surface area contributed by atoms with Crippen LogP contribution in [0.1, 0.15) is 22.3 Å². The highest BCUT2D eigenvalue weighted by Gasteiger charge is 2.34. The molecule has 1 aromatic carbocycles. The molecular weight excluding hydrogens is 356 g/mol. The normalized spacial score (nSPS) is 17.2. The first-order valence-corrected chi connectivity index (χ1v) is 9.15. The second kappa shape index (κ2) is 7.84. The maximum absolute atomic E-state index is 12.9. The van der Waals surface area contributed by atoms with E-state index in [-0.39, 0.29) is 19.1 Å². The Morgan fingerprint density at radius 1 is 1.38 bits per heavy atom. The van der Waals surface area contributed by atoms with Crippen LogP contribution < -0.4 is 4.74 Å². The van der Waals surface area contributed by atoms with Gasteiger partial charge < -0.3 is 19.5 Å². The van der Waals surface area contributed by atoms with Gasteiger partial charge in [0.15, 0.2) is 6.04 Å². The molecular formula is C18H20N2O5S. The van der Waals surface area contributed by atoms with Gasteiger partial charge in [-0.25, -0.2) is 9.78 Å². The number of benzene rings is 1. The average molecular weight is 376 g/mol. The summed E-state index contributed by atoms with van der Waals surface area (Å²) < 4.78 is 10.6. The van der Waals surface area contributed by atoms with Gasteiger partial charge in [0.05, 0.1) is 25.5 Å². The molecule has 1 amide bonds. The van der Waals surface area contributed by atoms with Crippen molar-refractivity contribution >= 4 is 23.2 Å². The quantitative estimate of drug-likeness (QED) is 0.862. The van der Waals surface area contributed by atoms with E-state index in [0.717, 1.165) is 11.3 Å². The molecule has 1 atom stereocenters. The molecule has 26 heavy (non-hydrogen) atoms. The third-order valence-electron chi connectivity index (χ3n) is 4.08. The summed E-state index contributed by atoms with van der Waals surface area (Å²) in [6, 6.07) is 6.55. The third-order valence-corrected chi connectivity index (χ3v) is 5.27. The van der Waals surface area contributed by atoms with E-state index < -0.39 is 12.0 Å². The van der Waals surface area contributed by atoms with Crippen LogP contribution in [0.5, 0.6) is 5.75 Å². The van der Waals surface area contributed by atoms with Crippen molar-refractivity contribution < 1.29 is 24.2 Å². The van der Waals surface area contributed by atoms with E-state index in [1.807, 2.05) is 31.2 Å². The molecule has 0 aliphatic carbocycles. The second-order valence-electron chi connectivity index (χ2n) is 5.82. The van der Waals surface area contributed by atoms with Crippen LogP contribution in [0.15, 0.2) is 24.3 Å². The maximum atomic E-state index is 12.9. The molecule has 1 fully saturated rings. The van der Waals surface area contributed by atoms with Crippen molar-refractivity contribution in [2.45, 2.75) is 19.9 Å². The number of morpholine rings is 1.